The Balaban J connectivity index is 1.71. The largest absolute Gasteiger partial charge is 0.493 e. The maximum atomic E-state index is 13.5. The summed E-state index contributed by atoms with van der Waals surface area (Å²) in [7, 11) is 0. The van der Waals surface area contributed by atoms with Crippen LogP contribution in [-0.2, 0) is 30.2 Å². The van der Waals surface area contributed by atoms with E-state index in [1.807, 2.05) is 6.92 Å². The van der Waals surface area contributed by atoms with Crippen LogP contribution in [0.25, 0.3) is 11.3 Å². The van der Waals surface area contributed by atoms with Gasteiger partial charge in [0.25, 0.3) is 11.8 Å². The van der Waals surface area contributed by atoms with Gasteiger partial charge in [0.2, 0.25) is 12.3 Å². The summed E-state index contributed by atoms with van der Waals surface area (Å²) in [6.45, 7) is 6.27. The summed E-state index contributed by atoms with van der Waals surface area (Å²) in [6.07, 6.45) is -2.74. The summed E-state index contributed by atoms with van der Waals surface area (Å²) in [5, 5.41) is 26.2. The molecule has 0 saturated heterocycles. The van der Waals surface area contributed by atoms with Gasteiger partial charge in [0, 0.05) is 5.56 Å². The zero-order valence-electron chi connectivity index (χ0n) is 32.1. The predicted molar refractivity (Wildman–Crippen MR) is 198 cm³/mol. The first-order chi connectivity index (χ1) is 27.4. The number of carbonyl (C=O) groups is 7. The normalized spacial score (nSPS) is 12.7. The number of carbonyl (C=O) groups excluding carboxylic acids is 5. The Morgan fingerprint density at radius 3 is 2.21 bits per heavy atom. The third-order valence-electron chi connectivity index (χ3n) is 8.87. The molecule has 58 heavy (non-hydrogen) atoms. The van der Waals surface area contributed by atoms with Crippen LogP contribution in [0.2, 0.25) is 0 Å². The molecule has 0 aliphatic heterocycles. The second kappa shape index (κ2) is 21.2. The number of amides is 4. The summed E-state index contributed by atoms with van der Waals surface area (Å²) in [6, 6.07) is 6.77. The lowest BCUT2D eigenvalue weighted by Gasteiger charge is -2.32. The Morgan fingerprint density at radius 2 is 1.62 bits per heavy atom. The fourth-order valence-corrected chi connectivity index (χ4v) is 5.93. The minimum absolute atomic E-state index is 0.0265. The van der Waals surface area contributed by atoms with Crippen molar-refractivity contribution in [3.63, 3.8) is 0 Å². The van der Waals surface area contributed by atoms with Crippen molar-refractivity contribution in [2.45, 2.75) is 84.5 Å². The molecule has 3 rings (SSSR count). The minimum Gasteiger partial charge on any atom is -0.493 e. The Kier molecular flexibility index (Phi) is 16.8. The number of hydroxylamine groups is 2. The van der Waals surface area contributed by atoms with E-state index in [0.717, 1.165) is 31.0 Å². The van der Waals surface area contributed by atoms with Gasteiger partial charge in [-0.25, -0.2) is 9.59 Å². The van der Waals surface area contributed by atoms with Gasteiger partial charge < -0.3 is 40.2 Å². The first-order valence-corrected chi connectivity index (χ1v) is 18.3. The van der Waals surface area contributed by atoms with E-state index < -0.39 is 71.8 Å². The molecule has 16 nitrogen and oxygen atoms in total. The van der Waals surface area contributed by atoms with Crippen LogP contribution in [0.4, 0.5) is 13.2 Å². The smallest absolute Gasteiger partial charge is 0.416 e. The van der Waals surface area contributed by atoms with Crippen LogP contribution in [0.1, 0.15) is 102 Å². The molecule has 3 atom stereocenters. The predicted octanol–water partition coefficient (Wildman–Crippen LogP) is 5.34. The van der Waals surface area contributed by atoms with Gasteiger partial charge in [0.1, 0.15) is 17.6 Å². The number of aliphatic carboxylic acids is 2. The highest BCUT2D eigenvalue weighted by molar-refractivity contribution is 6.00. The fourth-order valence-electron chi connectivity index (χ4n) is 5.93. The van der Waals surface area contributed by atoms with Crippen molar-refractivity contribution in [1.29, 1.82) is 0 Å². The van der Waals surface area contributed by atoms with Crippen molar-refractivity contribution in [2.75, 3.05) is 13.3 Å². The topological polar surface area (TPSA) is 231 Å². The number of nitrogens with one attached hydrogen (secondary N) is 3. The van der Waals surface area contributed by atoms with Crippen molar-refractivity contribution in [3.8, 4) is 17.1 Å². The lowest BCUT2D eigenvalue weighted by atomic mass is 9.90. The number of hydrogen-bond acceptors (Lipinski definition) is 10. The number of hydrogen-bond donors (Lipinski definition) is 5. The van der Waals surface area contributed by atoms with Gasteiger partial charge in [-0.15, -0.1) is 0 Å². The molecule has 19 heteroatoms. The summed E-state index contributed by atoms with van der Waals surface area (Å²) >= 11 is 0. The van der Waals surface area contributed by atoms with E-state index in [1.165, 1.54) is 37.3 Å². The molecule has 1 heterocycles. The monoisotopic (exact) mass is 818 g/mol. The maximum absolute atomic E-state index is 13.5. The van der Waals surface area contributed by atoms with E-state index in [-0.39, 0.29) is 66.5 Å². The minimum atomic E-state index is -4.63. The third kappa shape index (κ3) is 12.6. The fraction of sp³-hybridized carbons (Fsp3) is 0.410. The van der Waals surface area contributed by atoms with Crippen LogP contribution in [0.3, 0.4) is 0 Å². The highest BCUT2D eigenvalue weighted by Gasteiger charge is 2.35. The third-order valence-corrected chi connectivity index (χ3v) is 8.87. The quantitative estimate of drug-likeness (QED) is 0.0375. The van der Waals surface area contributed by atoms with Crippen LogP contribution in [0.15, 0.2) is 52.9 Å². The van der Waals surface area contributed by atoms with Crippen molar-refractivity contribution in [1.82, 2.24) is 21.0 Å². The van der Waals surface area contributed by atoms with Gasteiger partial charge in [0.15, 0.2) is 5.76 Å². The highest BCUT2D eigenvalue weighted by atomic mass is 19.4. The van der Waals surface area contributed by atoms with Gasteiger partial charge in [-0.3, -0.25) is 24.0 Å². The molecular formula is C39H45F3N4O12. The number of carboxylic acids is 2. The molecule has 0 spiro atoms. The lowest BCUT2D eigenvalue weighted by molar-refractivity contribution is -0.171. The van der Waals surface area contributed by atoms with Gasteiger partial charge >= 0.3 is 24.1 Å². The number of nitrogens with zero attached hydrogens (tertiary/aromatic N) is 1. The number of rotatable bonds is 22. The Morgan fingerprint density at radius 1 is 0.914 bits per heavy atom. The molecule has 0 bridgehead atoms. The van der Waals surface area contributed by atoms with E-state index in [0.29, 0.717) is 17.0 Å². The number of benzene rings is 2. The molecule has 1 aromatic heterocycles. The molecule has 314 valence electrons. The lowest BCUT2D eigenvalue weighted by Crippen LogP contribution is -2.49. The zero-order chi connectivity index (χ0) is 43.2. The molecule has 4 amide bonds. The second-order valence-electron chi connectivity index (χ2n) is 12.9. The van der Waals surface area contributed by atoms with Crippen LogP contribution in [-0.4, -0.2) is 82.7 Å². The zero-order valence-corrected chi connectivity index (χ0v) is 32.1. The average Bonchev–Trinajstić information content (AvgIpc) is 3.67. The molecular weight excluding hydrogens is 773 g/mol. The number of alkyl halides is 3. The molecule has 2 unspecified atom stereocenters. The number of carboxylic acid groups (broad SMARTS) is 2. The summed E-state index contributed by atoms with van der Waals surface area (Å²) in [5.74, 6) is -7.14. The number of halogens is 3. The van der Waals surface area contributed by atoms with Gasteiger partial charge in [-0.1, -0.05) is 39.2 Å². The average molecular weight is 819 g/mol. The van der Waals surface area contributed by atoms with Crippen LogP contribution in [0, 0.1) is 12.8 Å². The second-order valence-corrected chi connectivity index (χ2v) is 12.9. The first kappa shape index (κ1) is 46.0. The van der Waals surface area contributed by atoms with Crippen molar-refractivity contribution < 1.29 is 70.9 Å². The molecule has 0 fully saturated rings. The number of aryl methyl sites for hydroxylation is 1. The van der Waals surface area contributed by atoms with Gasteiger partial charge in [-0.2, -0.15) is 18.2 Å². The van der Waals surface area contributed by atoms with Crippen LogP contribution in [0.5, 0.6) is 5.75 Å². The number of unbranched alkanes of at least 4 members (excludes halogenated alkanes) is 2. The SMILES string of the molecule is CCCCCC(C(=O)NCNC(=O)c1ccc(-c2ccc(C(=O)NC(CC(=O)O)C(=O)O)c(OCC)c2)o1)[C@@H](CC)N(C=O)OC(=O)c1ccc(C(F)(F)F)cc1C. The molecule has 0 saturated carbocycles. The van der Waals surface area contributed by atoms with E-state index in [1.54, 1.807) is 13.8 Å². The Labute approximate surface area is 331 Å². The van der Waals surface area contributed by atoms with Gasteiger partial charge in [0.05, 0.1) is 48.3 Å². The molecule has 2 aromatic carbocycles. The summed E-state index contributed by atoms with van der Waals surface area (Å²) in [4.78, 5) is 92.4. The summed E-state index contributed by atoms with van der Waals surface area (Å²) in [5.41, 5.74) is -0.914. The summed E-state index contributed by atoms with van der Waals surface area (Å²) < 4.78 is 50.7. The maximum Gasteiger partial charge on any atom is 0.416 e. The van der Waals surface area contributed by atoms with E-state index >= 15 is 0 Å². The Hall–Kier alpha value is -6.40. The van der Waals surface area contributed by atoms with Crippen molar-refractivity contribution in [2.24, 2.45) is 5.92 Å². The molecule has 0 radical (unpaired) electrons. The van der Waals surface area contributed by atoms with E-state index in [2.05, 4.69) is 16.0 Å². The van der Waals surface area contributed by atoms with Crippen LogP contribution < -0.4 is 20.7 Å². The number of ether oxygens (including phenoxy) is 1. The van der Waals surface area contributed by atoms with Crippen molar-refractivity contribution in [3.05, 3.63) is 76.5 Å². The van der Waals surface area contributed by atoms with Crippen LogP contribution >= 0.6 is 0 Å². The first-order valence-electron chi connectivity index (χ1n) is 18.3. The standard InChI is InChI=1S/C39H45F3N4O12/c1-5-8-9-10-26(29(6-2)46(21-47)58-38(55)25-14-12-24(17-22(25)4)39(40,41)42)34(50)43-20-44-36(52)31-16-15-30(57-31)23-11-13-27(32(18-23)56-7-3)35(51)45-28(37(53)54)19-33(48)49/h11-18,21,26,28-29H,5-10,19-20H2,1-4H3,(H,43,50)(H,44,52)(H,45,51)(H,48,49)(H,53,54)/t26?,28?,29-/m1/s1. The Bertz CT molecular complexity index is 1970. The molecule has 0 aliphatic carbocycles. The molecule has 3 aromatic rings. The number of furan rings is 1. The van der Waals surface area contributed by atoms with E-state index in [4.69, 9.17) is 19.1 Å². The van der Waals surface area contributed by atoms with E-state index in [9.17, 15) is 51.8 Å². The molecule has 0 aliphatic rings. The van der Waals surface area contributed by atoms with Gasteiger partial charge in [-0.05, 0) is 74.7 Å². The molecule has 5 N–H and O–H groups in total. The van der Waals surface area contributed by atoms with Crippen molar-refractivity contribution >= 4 is 42.0 Å². The highest BCUT2D eigenvalue weighted by Crippen LogP contribution is 2.32.